The summed E-state index contributed by atoms with van der Waals surface area (Å²) in [5.41, 5.74) is 8.54. The molecule has 1 saturated heterocycles. The van der Waals surface area contributed by atoms with Crippen LogP contribution >= 0.6 is 0 Å². The first-order chi connectivity index (χ1) is 13.7. The van der Waals surface area contributed by atoms with E-state index in [0.29, 0.717) is 18.8 Å². The molecule has 0 amide bonds. The van der Waals surface area contributed by atoms with Crippen LogP contribution in [0.4, 0.5) is 0 Å². The Hall–Kier alpha value is -2.37. The monoisotopic (exact) mass is 381 g/mol. The highest BCUT2D eigenvalue weighted by Crippen LogP contribution is 2.27. The summed E-state index contributed by atoms with van der Waals surface area (Å²) in [5, 5.41) is 14.2. The average Bonchev–Trinajstić information content (AvgIpc) is 2.74. The number of nitrogens with zero attached hydrogens (tertiary/aromatic N) is 2. The van der Waals surface area contributed by atoms with Crippen LogP contribution in [0, 0.1) is 0 Å². The van der Waals surface area contributed by atoms with E-state index in [4.69, 9.17) is 10.6 Å². The van der Waals surface area contributed by atoms with Gasteiger partial charge in [0.2, 0.25) is 0 Å². The number of benzene rings is 2. The Morgan fingerprint density at radius 1 is 0.964 bits per heavy atom. The molecule has 3 N–H and O–H groups in total. The largest absolute Gasteiger partial charge is 0.392 e. The number of hydrogen-bond donors (Lipinski definition) is 2. The Balaban J connectivity index is 1.55. The van der Waals surface area contributed by atoms with Gasteiger partial charge in [-0.3, -0.25) is 0 Å². The molecule has 1 unspecified atom stereocenters. The predicted octanol–water partition coefficient (Wildman–Crippen LogP) is 3.34. The van der Waals surface area contributed by atoms with Gasteiger partial charge in [-0.2, -0.15) is 0 Å². The molecule has 28 heavy (non-hydrogen) atoms. The molecule has 2 aromatic carbocycles. The van der Waals surface area contributed by atoms with E-state index in [0.717, 1.165) is 13.1 Å². The lowest BCUT2D eigenvalue weighted by Gasteiger charge is -2.28. The Morgan fingerprint density at radius 2 is 1.54 bits per heavy atom. The van der Waals surface area contributed by atoms with Crippen LogP contribution in [0.25, 0.3) is 0 Å². The van der Waals surface area contributed by atoms with Crippen LogP contribution in [0.15, 0.2) is 65.8 Å². The van der Waals surface area contributed by atoms with Crippen LogP contribution in [-0.2, 0) is 4.84 Å². The van der Waals surface area contributed by atoms with Crippen molar-refractivity contribution in [1.29, 1.82) is 0 Å². The first-order valence-corrected chi connectivity index (χ1v) is 10.2. The molecule has 1 aliphatic rings. The number of likely N-dealkylation sites (tertiary alicyclic amines) is 1. The summed E-state index contributed by atoms with van der Waals surface area (Å²) in [7, 11) is 0. The third-order valence-electron chi connectivity index (χ3n) is 5.18. The second-order valence-corrected chi connectivity index (χ2v) is 7.47. The van der Waals surface area contributed by atoms with Gasteiger partial charge in [-0.1, -0.05) is 72.2 Å². The number of β-amino-alcohol motifs (C(OH)–C–C–N with tert-alkyl or cyclic N) is 1. The van der Waals surface area contributed by atoms with Crippen molar-refractivity contribution in [3.8, 4) is 0 Å². The molecule has 3 rings (SSSR count). The summed E-state index contributed by atoms with van der Waals surface area (Å²) in [5.74, 6) is 0.552. The fourth-order valence-corrected chi connectivity index (χ4v) is 3.74. The lowest BCUT2D eigenvalue weighted by molar-refractivity contribution is 0.0155. The average molecular weight is 382 g/mol. The highest BCUT2D eigenvalue weighted by atomic mass is 16.6. The number of piperidine rings is 1. The van der Waals surface area contributed by atoms with Gasteiger partial charge in [0, 0.05) is 18.9 Å². The SMILES string of the molecule is NC(CC(c1ccccc1)c1ccccc1)=NOCC(O)CN1CCCCC1. The van der Waals surface area contributed by atoms with E-state index in [1.807, 2.05) is 36.4 Å². The molecule has 5 nitrogen and oxygen atoms in total. The van der Waals surface area contributed by atoms with Gasteiger partial charge in [0.1, 0.15) is 18.5 Å². The topological polar surface area (TPSA) is 71.1 Å². The lowest BCUT2D eigenvalue weighted by Crippen LogP contribution is -2.38. The maximum Gasteiger partial charge on any atom is 0.144 e. The number of oxime groups is 1. The Morgan fingerprint density at radius 3 is 2.11 bits per heavy atom. The van der Waals surface area contributed by atoms with Gasteiger partial charge in [-0.25, -0.2) is 0 Å². The fourth-order valence-electron chi connectivity index (χ4n) is 3.74. The molecule has 5 heteroatoms. The molecule has 0 bridgehead atoms. The molecule has 1 atom stereocenters. The summed E-state index contributed by atoms with van der Waals surface area (Å²) in [6.07, 6.45) is 3.72. The van der Waals surface area contributed by atoms with Crippen molar-refractivity contribution < 1.29 is 9.94 Å². The van der Waals surface area contributed by atoms with E-state index < -0.39 is 6.10 Å². The zero-order chi connectivity index (χ0) is 19.6. The highest BCUT2D eigenvalue weighted by molar-refractivity contribution is 5.81. The smallest absolute Gasteiger partial charge is 0.144 e. The number of aliphatic hydroxyl groups is 1. The maximum absolute atomic E-state index is 10.2. The summed E-state index contributed by atoms with van der Waals surface area (Å²) >= 11 is 0. The van der Waals surface area contributed by atoms with Crippen molar-refractivity contribution in [1.82, 2.24) is 4.90 Å². The Labute approximate surface area is 167 Å². The zero-order valence-electron chi connectivity index (χ0n) is 16.4. The molecule has 2 aromatic rings. The molecular weight excluding hydrogens is 350 g/mol. The molecule has 0 aliphatic carbocycles. The van der Waals surface area contributed by atoms with Gasteiger partial charge >= 0.3 is 0 Å². The lowest BCUT2D eigenvalue weighted by atomic mass is 9.88. The minimum absolute atomic E-state index is 0.119. The second kappa shape index (κ2) is 10.8. The zero-order valence-corrected chi connectivity index (χ0v) is 16.4. The summed E-state index contributed by atoms with van der Waals surface area (Å²) < 4.78 is 0. The Bertz CT molecular complexity index is 676. The van der Waals surface area contributed by atoms with E-state index in [2.05, 4.69) is 34.3 Å². The van der Waals surface area contributed by atoms with E-state index in [1.165, 1.54) is 30.4 Å². The van der Waals surface area contributed by atoms with Crippen LogP contribution in [0.5, 0.6) is 0 Å². The number of nitrogens with two attached hydrogens (primary N) is 1. The number of hydrogen-bond acceptors (Lipinski definition) is 4. The van der Waals surface area contributed by atoms with Gasteiger partial charge in [0.25, 0.3) is 0 Å². The molecular formula is C23H31N3O2. The molecule has 0 radical (unpaired) electrons. The van der Waals surface area contributed by atoms with E-state index in [1.54, 1.807) is 0 Å². The van der Waals surface area contributed by atoms with Crippen molar-refractivity contribution in [2.45, 2.75) is 37.7 Å². The quantitative estimate of drug-likeness (QED) is 0.397. The van der Waals surface area contributed by atoms with E-state index in [-0.39, 0.29) is 12.5 Å². The van der Waals surface area contributed by atoms with Crippen LogP contribution < -0.4 is 5.73 Å². The van der Waals surface area contributed by atoms with Gasteiger partial charge < -0.3 is 20.6 Å². The van der Waals surface area contributed by atoms with Crippen molar-refractivity contribution in [3.63, 3.8) is 0 Å². The van der Waals surface area contributed by atoms with Crippen LogP contribution in [0.2, 0.25) is 0 Å². The fraction of sp³-hybridized carbons (Fsp3) is 0.435. The molecule has 150 valence electrons. The van der Waals surface area contributed by atoms with Gasteiger partial charge in [-0.15, -0.1) is 0 Å². The van der Waals surface area contributed by atoms with E-state index >= 15 is 0 Å². The summed E-state index contributed by atoms with van der Waals surface area (Å²) in [6.45, 7) is 2.90. The first kappa shape index (κ1) is 20.4. The molecule has 1 aliphatic heterocycles. The minimum Gasteiger partial charge on any atom is -0.392 e. The summed E-state index contributed by atoms with van der Waals surface area (Å²) in [6, 6.07) is 20.6. The van der Waals surface area contributed by atoms with Crippen LogP contribution in [0.1, 0.15) is 42.7 Å². The number of amidine groups is 1. The van der Waals surface area contributed by atoms with Crippen molar-refractivity contribution in [2.24, 2.45) is 10.9 Å². The van der Waals surface area contributed by atoms with Gasteiger partial charge in [0.15, 0.2) is 0 Å². The predicted molar refractivity (Wildman–Crippen MR) is 113 cm³/mol. The molecule has 1 heterocycles. The molecule has 0 aromatic heterocycles. The number of aliphatic hydroxyl groups excluding tert-OH is 1. The second-order valence-electron chi connectivity index (χ2n) is 7.47. The van der Waals surface area contributed by atoms with Crippen molar-refractivity contribution in [3.05, 3.63) is 71.8 Å². The van der Waals surface area contributed by atoms with Crippen LogP contribution in [-0.4, -0.2) is 48.2 Å². The van der Waals surface area contributed by atoms with E-state index in [9.17, 15) is 5.11 Å². The standard InChI is InChI=1S/C23H31N3O2/c24-23(25-28-18-21(27)17-26-14-8-3-9-15-26)16-22(19-10-4-1-5-11-19)20-12-6-2-7-13-20/h1-2,4-7,10-13,21-22,27H,3,8-9,14-18H2,(H2,24,25). The van der Waals surface area contributed by atoms with Crippen molar-refractivity contribution in [2.75, 3.05) is 26.2 Å². The Kier molecular flexibility index (Phi) is 7.88. The maximum atomic E-state index is 10.2. The summed E-state index contributed by atoms with van der Waals surface area (Å²) in [4.78, 5) is 7.64. The molecule has 0 saturated carbocycles. The number of rotatable bonds is 9. The normalized spacial score (nSPS) is 16.9. The third kappa shape index (κ3) is 6.36. The van der Waals surface area contributed by atoms with Gasteiger partial charge in [-0.05, 0) is 37.1 Å². The van der Waals surface area contributed by atoms with Crippen LogP contribution in [0.3, 0.4) is 0 Å². The van der Waals surface area contributed by atoms with Crippen molar-refractivity contribution >= 4 is 5.84 Å². The highest BCUT2D eigenvalue weighted by Gasteiger charge is 2.17. The minimum atomic E-state index is -0.548. The first-order valence-electron chi connectivity index (χ1n) is 10.2. The third-order valence-corrected chi connectivity index (χ3v) is 5.18. The molecule has 1 fully saturated rings. The molecule has 0 spiro atoms. The van der Waals surface area contributed by atoms with Gasteiger partial charge in [0.05, 0.1) is 0 Å².